The Morgan fingerprint density at radius 2 is 1.81 bits per heavy atom. The maximum Gasteiger partial charge on any atom is 0.338 e. The normalized spacial score (nSPS) is 38.7. The lowest BCUT2D eigenvalue weighted by Gasteiger charge is -2.55. The van der Waals surface area contributed by atoms with Crippen LogP contribution in [0.3, 0.4) is 0 Å². The smallest absolute Gasteiger partial charge is 0.338 e. The number of aliphatic hydroxyl groups is 3. The van der Waals surface area contributed by atoms with Crippen LogP contribution in [0, 0.1) is 28.6 Å². The summed E-state index contributed by atoms with van der Waals surface area (Å²) in [6.45, 7) is 5.29. The van der Waals surface area contributed by atoms with E-state index in [-0.39, 0.29) is 24.2 Å². The molecule has 0 unspecified atom stereocenters. The molecule has 0 heterocycles. The molecular weight excluding hydrogens is 460 g/mol. The number of ether oxygens (including phenoxy) is 1. The first kappa shape index (κ1) is 25.1. The Labute approximate surface area is 210 Å². The molecule has 7 heteroatoms. The van der Waals surface area contributed by atoms with Crippen molar-refractivity contribution >= 4 is 17.5 Å². The summed E-state index contributed by atoms with van der Waals surface area (Å²) in [5.74, 6) is -4.46. The van der Waals surface area contributed by atoms with Gasteiger partial charge < -0.3 is 20.1 Å². The predicted octanol–water partition coefficient (Wildman–Crippen LogP) is 3.13. The molecule has 192 valence electrons. The summed E-state index contributed by atoms with van der Waals surface area (Å²) >= 11 is 0. The van der Waals surface area contributed by atoms with E-state index in [0.29, 0.717) is 24.8 Å². The summed E-state index contributed by atoms with van der Waals surface area (Å²) in [5.41, 5.74) is -0.729. The minimum Gasteiger partial charge on any atom is -0.454 e. The van der Waals surface area contributed by atoms with Crippen LogP contribution < -0.4 is 0 Å². The van der Waals surface area contributed by atoms with Crippen LogP contribution in [0.5, 0.6) is 0 Å². The van der Waals surface area contributed by atoms with Gasteiger partial charge in [-0.1, -0.05) is 56.2 Å². The second kappa shape index (κ2) is 8.20. The fourth-order valence-electron chi connectivity index (χ4n) is 7.82. The van der Waals surface area contributed by atoms with Gasteiger partial charge in [-0.15, -0.1) is 0 Å². The molecule has 0 bridgehead atoms. The summed E-state index contributed by atoms with van der Waals surface area (Å²) in [5, 5.41) is 32.7. The van der Waals surface area contributed by atoms with E-state index in [1.54, 1.807) is 30.3 Å². The lowest BCUT2D eigenvalue weighted by atomic mass is 9.50. The summed E-state index contributed by atoms with van der Waals surface area (Å²) in [6, 6.07) is 8.45. The molecule has 0 saturated heterocycles. The number of carbonyl (C=O) groups excluding carboxylic acids is 3. The number of ketones is 2. The lowest BCUT2D eigenvalue weighted by molar-refractivity contribution is -0.189. The number of fused-ring (bicyclic) bond motifs is 5. The van der Waals surface area contributed by atoms with E-state index < -0.39 is 46.4 Å². The Morgan fingerprint density at radius 1 is 1.11 bits per heavy atom. The number of allylic oxidation sites excluding steroid dienone is 3. The van der Waals surface area contributed by atoms with E-state index in [4.69, 9.17) is 4.74 Å². The van der Waals surface area contributed by atoms with Gasteiger partial charge in [0.05, 0.1) is 5.56 Å². The second-order valence-electron chi connectivity index (χ2n) is 11.7. The number of rotatable bonds is 4. The van der Waals surface area contributed by atoms with Crippen molar-refractivity contribution in [2.45, 2.75) is 64.3 Å². The average molecular weight is 495 g/mol. The van der Waals surface area contributed by atoms with Gasteiger partial charge in [0.2, 0.25) is 17.4 Å². The van der Waals surface area contributed by atoms with Crippen molar-refractivity contribution < 1.29 is 34.4 Å². The topological polar surface area (TPSA) is 121 Å². The number of Topliss-reactive ketones (excluding diaryl/α,β-unsaturated/α-hetero) is 1. The van der Waals surface area contributed by atoms with Crippen molar-refractivity contribution in [3.05, 3.63) is 59.2 Å². The van der Waals surface area contributed by atoms with Gasteiger partial charge in [-0.25, -0.2) is 4.79 Å². The third-order valence-corrected chi connectivity index (χ3v) is 9.78. The number of hydrogen-bond acceptors (Lipinski definition) is 7. The molecule has 2 saturated carbocycles. The maximum atomic E-state index is 13.5. The quantitative estimate of drug-likeness (QED) is 0.334. The summed E-state index contributed by atoms with van der Waals surface area (Å²) in [4.78, 5) is 38.1. The van der Waals surface area contributed by atoms with Crippen molar-refractivity contribution in [3.8, 4) is 0 Å². The van der Waals surface area contributed by atoms with E-state index in [1.165, 1.54) is 6.08 Å². The van der Waals surface area contributed by atoms with Gasteiger partial charge in [0, 0.05) is 17.3 Å². The third-order valence-electron chi connectivity index (χ3n) is 9.78. The molecule has 0 radical (unpaired) electrons. The Kier molecular flexibility index (Phi) is 5.71. The first-order chi connectivity index (χ1) is 16.8. The van der Waals surface area contributed by atoms with Crippen LogP contribution in [0.1, 0.15) is 63.2 Å². The lowest BCUT2D eigenvalue weighted by Crippen LogP contribution is -2.58. The van der Waals surface area contributed by atoms with Crippen molar-refractivity contribution in [1.82, 2.24) is 0 Å². The number of esters is 1. The molecule has 1 aromatic carbocycles. The highest BCUT2D eigenvalue weighted by Crippen LogP contribution is 2.67. The standard InChI is InChI=1S/C29H34O7/c1-17-13-22-20-10-9-19-14-23(30)28(33,34)16-26(19,2)21(20)11-12-27(22,3)29(17,35)24(31)15-36-25(32)18-7-5-4-6-8-18/h4-8,11,14,17,20,22,33-35H,9-10,12-13,15-16H2,1-3H3/t17-,20+,22-,26-,27-,29-/m0/s1. The number of hydrogen-bond donors (Lipinski definition) is 3. The van der Waals surface area contributed by atoms with Crippen molar-refractivity contribution in [1.29, 1.82) is 0 Å². The monoisotopic (exact) mass is 494 g/mol. The molecule has 0 spiro atoms. The summed E-state index contributed by atoms with van der Waals surface area (Å²) in [7, 11) is 0. The fourth-order valence-corrected chi connectivity index (χ4v) is 7.82. The third kappa shape index (κ3) is 3.40. The molecule has 0 amide bonds. The minimum atomic E-state index is -2.40. The number of carbonyl (C=O) groups is 3. The summed E-state index contributed by atoms with van der Waals surface area (Å²) < 4.78 is 5.31. The van der Waals surface area contributed by atoms with E-state index >= 15 is 0 Å². The Balaban J connectivity index is 1.42. The van der Waals surface area contributed by atoms with Gasteiger partial charge in [-0.3, -0.25) is 9.59 Å². The highest BCUT2D eigenvalue weighted by atomic mass is 16.5. The van der Waals surface area contributed by atoms with Crippen LogP contribution in [0.25, 0.3) is 0 Å². The van der Waals surface area contributed by atoms with Gasteiger partial charge >= 0.3 is 5.97 Å². The van der Waals surface area contributed by atoms with E-state index in [2.05, 4.69) is 0 Å². The van der Waals surface area contributed by atoms with Crippen LogP contribution in [-0.4, -0.2) is 50.9 Å². The molecule has 6 atom stereocenters. The molecule has 36 heavy (non-hydrogen) atoms. The van der Waals surface area contributed by atoms with Crippen molar-refractivity contribution in [2.24, 2.45) is 28.6 Å². The summed E-state index contributed by atoms with van der Waals surface area (Å²) in [6.07, 6.45) is 5.84. The largest absolute Gasteiger partial charge is 0.454 e. The molecule has 1 aromatic rings. The van der Waals surface area contributed by atoms with Crippen LogP contribution >= 0.6 is 0 Å². The van der Waals surface area contributed by atoms with Crippen LogP contribution in [-0.2, 0) is 14.3 Å². The van der Waals surface area contributed by atoms with Crippen LogP contribution in [0.4, 0.5) is 0 Å². The van der Waals surface area contributed by atoms with Crippen molar-refractivity contribution in [3.63, 3.8) is 0 Å². The van der Waals surface area contributed by atoms with E-state index in [9.17, 15) is 29.7 Å². The Hall–Kier alpha value is -2.61. The molecule has 5 rings (SSSR count). The zero-order valence-electron chi connectivity index (χ0n) is 21.0. The van der Waals surface area contributed by atoms with Gasteiger partial charge in [0.25, 0.3) is 0 Å². The van der Waals surface area contributed by atoms with Crippen LogP contribution in [0.2, 0.25) is 0 Å². The molecule has 4 aliphatic carbocycles. The Morgan fingerprint density at radius 3 is 2.50 bits per heavy atom. The zero-order chi connectivity index (χ0) is 26.1. The van der Waals surface area contributed by atoms with E-state index in [0.717, 1.165) is 17.6 Å². The van der Waals surface area contributed by atoms with Gasteiger partial charge in [-0.05, 0) is 61.6 Å². The Bertz CT molecular complexity index is 1180. The van der Waals surface area contributed by atoms with Crippen LogP contribution in [0.15, 0.2) is 53.6 Å². The molecular formula is C29H34O7. The van der Waals surface area contributed by atoms with E-state index in [1.807, 2.05) is 26.8 Å². The second-order valence-corrected chi connectivity index (χ2v) is 11.7. The molecule has 0 aromatic heterocycles. The molecule has 3 N–H and O–H groups in total. The van der Waals surface area contributed by atoms with Crippen molar-refractivity contribution in [2.75, 3.05) is 6.61 Å². The first-order valence-corrected chi connectivity index (χ1v) is 12.7. The number of benzene rings is 1. The predicted molar refractivity (Wildman–Crippen MR) is 130 cm³/mol. The molecule has 2 fully saturated rings. The molecule has 0 aliphatic heterocycles. The fraction of sp³-hybridized carbons (Fsp3) is 0.552. The maximum absolute atomic E-state index is 13.5. The van der Waals surface area contributed by atoms with Gasteiger partial charge in [0.1, 0.15) is 5.60 Å². The minimum absolute atomic E-state index is 0.00550. The zero-order valence-corrected chi connectivity index (χ0v) is 21.0. The SMILES string of the molecule is C[C@H]1C[C@H]2[C@@H]3CCC4=CC(=O)C(O)(O)C[C@]4(C)C3=CC[C@]2(C)[C@@]1(O)C(=O)COC(=O)c1ccccc1. The highest BCUT2D eigenvalue weighted by molar-refractivity contribution is 5.98. The van der Waals surface area contributed by atoms with Gasteiger partial charge in [-0.2, -0.15) is 0 Å². The average Bonchev–Trinajstić information content (AvgIpc) is 3.05. The van der Waals surface area contributed by atoms with Gasteiger partial charge in [0.15, 0.2) is 6.61 Å². The molecule has 4 aliphatic rings. The first-order valence-electron chi connectivity index (χ1n) is 12.7. The highest BCUT2D eigenvalue weighted by Gasteiger charge is 2.67. The molecule has 7 nitrogen and oxygen atoms in total.